The second-order valence-corrected chi connectivity index (χ2v) is 3.42. The summed E-state index contributed by atoms with van der Waals surface area (Å²) >= 11 is 0. The van der Waals surface area contributed by atoms with Crippen molar-refractivity contribution in [3.05, 3.63) is 35.4 Å². The first-order valence-corrected chi connectivity index (χ1v) is 5.32. The van der Waals surface area contributed by atoms with Gasteiger partial charge in [-0.1, -0.05) is 30.6 Å². The zero-order chi connectivity index (χ0) is 11.8. The number of nitrogens with zero attached hydrogens (tertiary/aromatic N) is 1. The van der Waals surface area contributed by atoms with Crippen molar-refractivity contribution >= 4 is 6.21 Å². The van der Waals surface area contributed by atoms with Crippen LogP contribution in [-0.4, -0.2) is 6.21 Å². The number of oxime groups is 1. The van der Waals surface area contributed by atoms with Crippen LogP contribution in [0.4, 0.5) is 8.78 Å². The molecule has 4 heteroatoms. The SMILES string of the molecule is CCCCC=NOCc1cccc(F)c1F. The molecule has 1 rings (SSSR count). The highest BCUT2D eigenvalue weighted by atomic mass is 19.2. The van der Waals surface area contributed by atoms with Gasteiger partial charge in [-0.2, -0.15) is 0 Å². The summed E-state index contributed by atoms with van der Waals surface area (Å²) in [5.74, 6) is -1.73. The summed E-state index contributed by atoms with van der Waals surface area (Å²) in [5, 5.41) is 3.66. The monoisotopic (exact) mass is 227 g/mol. The normalized spacial score (nSPS) is 10.9. The van der Waals surface area contributed by atoms with E-state index in [0.717, 1.165) is 25.3 Å². The zero-order valence-corrected chi connectivity index (χ0v) is 9.25. The van der Waals surface area contributed by atoms with E-state index in [1.807, 2.05) is 0 Å². The fourth-order valence-electron chi connectivity index (χ4n) is 1.17. The lowest BCUT2D eigenvalue weighted by molar-refractivity contribution is 0.128. The maximum absolute atomic E-state index is 13.1. The van der Waals surface area contributed by atoms with Crippen molar-refractivity contribution in [3.63, 3.8) is 0 Å². The fourth-order valence-corrected chi connectivity index (χ4v) is 1.17. The molecule has 88 valence electrons. The Morgan fingerprint density at radius 1 is 1.38 bits per heavy atom. The average Bonchev–Trinajstić information content (AvgIpc) is 2.29. The molecule has 0 aliphatic heterocycles. The third-order valence-electron chi connectivity index (χ3n) is 2.09. The van der Waals surface area contributed by atoms with E-state index in [4.69, 9.17) is 4.84 Å². The average molecular weight is 227 g/mol. The first-order valence-electron chi connectivity index (χ1n) is 5.32. The van der Waals surface area contributed by atoms with Crippen molar-refractivity contribution in [2.24, 2.45) is 5.16 Å². The quantitative estimate of drug-likeness (QED) is 0.413. The minimum atomic E-state index is -0.869. The second kappa shape index (κ2) is 6.93. The molecule has 0 unspecified atom stereocenters. The topological polar surface area (TPSA) is 21.6 Å². The largest absolute Gasteiger partial charge is 0.391 e. The van der Waals surface area contributed by atoms with Gasteiger partial charge in [0.2, 0.25) is 0 Å². The summed E-state index contributed by atoms with van der Waals surface area (Å²) in [4.78, 5) is 4.86. The lowest BCUT2D eigenvalue weighted by Crippen LogP contribution is -1.95. The predicted octanol–water partition coefficient (Wildman–Crippen LogP) is 3.66. The van der Waals surface area contributed by atoms with Crippen molar-refractivity contribution in [1.82, 2.24) is 0 Å². The van der Waals surface area contributed by atoms with Crippen LogP contribution >= 0.6 is 0 Å². The van der Waals surface area contributed by atoms with E-state index in [1.165, 1.54) is 12.1 Å². The Morgan fingerprint density at radius 3 is 2.94 bits per heavy atom. The summed E-state index contributed by atoms with van der Waals surface area (Å²) in [6, 6.07) is 3.99. The molecule has 0 aliphatic carbocycles. The summed E-state index contributed by atoms with van der Waals surface area (Å²) in [6.07, 6.45) is 4.61. The Balaban J connectivity index is 2.37. The molecular formula is C12H15F2NO. The molecule has 0 fully saturated rings. The van der Waals surface area contributed by atoms with Gasteiger partial charge in [0, 0.05) is 11.8 Å². The second-order valence-electron chi connectivity index (χ2n) is 3.42. The predicted molar refractivity (Wildman–Crippen MR) is 59.2 cm³/mol. The van der Waals surface area contributed by atoms with Gasteiger partial charge in [-0.25, -0.2) is 8.78 Å². The Morgan fingerprint density at radius 2 is 2.19 bits per heavy atom. The Hall–Kier alpha value is -1.45. The molecule has 2 nitrogen and oxygen atoms in total. The van der Waals surface area contributed by atoms with Crippen LogP contribution in [0.25, 0.3) is 0 Å². The summed E-state index contributed by atoms with van der Waals surface area (Å²) < 4.78 is 25.9. The van der Waals surface area contributed by atoms with Gasteiger partial charge in [-0.3, -0.25) is 0 Å². The molecule has 0 atom stereocenters. The van der Waals surface area contributed by atoms with Crippen molar-refractivity contribution < 1.29 is 13.6 Å². The van der Waals surface area contributed by atoms with E-state index in [0.29, 0.717) is 0 Å². The molecule has 1 aromatic carbocycles. The van der Waals surface area contributed by atoms with Gasteiger partial charge < -0.3 is 4.84 Å². The number of unbranched alkanes of at least 4 members (excludes halogenated alkanes) is 2. The van der Waals surface area contributed by atoms with E-state index in [-0.39, 0.29) is 12.2 Å². The van der Waals surface area contributed by atoms with Crippen LogP contribution in [0.3, 0.4) is 0 Å². The molecule has 0 aromatic heterocycles. The third kappa shape index (κ3) is 3.96. The Kier molecular flexibility index (Phi) is 5.46. The van der Waals surface area contributed by atoms with Gasteiger partial charge in [0.15, 0.2) is 11.6 Å². The molecule has 0 heterocycles. The minimum Gasteiger partial charge on any atom is -0.391 e. The molecule has 0 bridgehead atoms. The first kappa shape index (κ1) is 12.6. The fraction of sp³-hybridized carbons (Fsp3) is 0.417. The number of halogens is 2. The van der Waals surface area contributed by atoms with E-state index >= 15 is 0 Å². The van der Waals surface area contributed by atoms with Crippen LogP contribution in [-0.2, 0) is 11.4 Å². The van der Waals surface area contributed by atoms with Gasteiger partial charge >= 0.3 is 0 Å². The van der Waals surface area contributed by atoms with Crippen LogP contribution in [0.2, 0.25) is 0 Å². The van der Waals surface area contributed by atoms with Crippen molar-refractivity contribution in [2.45, 2.75) is 32.8 Å². The Labute approximate surface area is 93.9 Å². The van der Waals surface area contributed by atoms with E-state index in [9.17, 15) is 8.78 Å². The Bertz CT molecular complexity index is 353. The van der Waals surface area contributed by atoms with Gasteiger partial charge in [0.25, 0.3) is 0 Å². The van der Waals surface area contributed by atoms with Gasteiger partial charge in [-0.05, 0) is 18.9 Å². The van der Waals surface area contributed by atoms with E-state index in [2.05, 4.69) is 12.1 Å². The molecular weight excluding hydrogens is 212 g/mol. The standard InChI is InChI=1S/C12H15F2NO/c1-2-3-4-8-15-16-9-10-6-5-7-11(13)12(10)14/h5-8H,2-4,9H2,1H3. The van der Waals surface area contributed by atoms with Crippen LogP contribution in [0.15, 0.2) is 23.4 Å². The van der Waals surface area contributed by atoms with Gasteiger partial charge in [0.1, 0.15) is 6.61 Å². The molecule has 0 amide bonds. The summed E-state index contributed by atoms with van der Waals surface area (Å²) in [7, 11) is 0. The molecule has 1 aromatic rings. The lowest BCUT2D eigenvalue weighted by atomic mass is 10.2. The maximum atomic E-state index is 13.1. The highest BCUT2D eigenvalue weighted by molar-refractivity contribution is 5.56. The number of hydrogen-bond donors (Lipinski definition) is 0. The molecule has 16 heavy (non-hydrogen) atoms. The zero-order valence-electron chi connectivity index (χ0n) is 9.25. The molecule has 0 aliphatic rings. The lowest BCUT2D eigenvalue weighted by Gasteiger charge is -2.01. The first-order chi connectivity index (χ1) is 7.75. The van der Waals surface area contributed by atoms with E-state index in [1.54, 1.807) is 6.21 Å². The molecule has 0 N–H and O–H groups in total. The maximum Gasteiger partial charge on any atom is 0.165 e. The van der Waals surface area contributed by atoms with Crippen molar-refractivity contribution in [2.75, 3.05) is 0 Å². The number of rotatable bonds is 6. The van der Waals surface area contributed by atoms with Crippen molar-refractivity contribution in [3.8, 4) is 0 Å². The highest BCUT2D eigenvalue weighted by Crippen LogP contribution is 2.12. The van der Waals surface area contributed by atoms with Crippen LogP contribution < -0.4 is 0 Å². The smallest absolute Gasteiger partial charge is 0.165 e. The molecule has 0 saturated heterocycles. The van der Waals surface area contributed by atoms with Crippen LogP contribution in [0.1, 0.15) is 31.7 Å². The minimum absolute atomic E-state index is 0.0494. The van der Waals surface area contributed by atoms with E-state index < -0.39 is 11.6 Å². The van der Waals surface area contributed by atoms with Gasteiger partial charge in [0.05, 0.1) is 0 Å². The molecule has 0 spiro atoms. The number of hydrogen-bond acceptors (Lipinski definition) is 2. The third-order valence-corrected chi connectivity index (χ3v) is 2.09. The highest BCUT2D eigenvalue weighted by Gasteiger charge is 2.06. The van der Waals surface area contributed by atoms with Crippen LogP contribution in [0, 0.1) is 11.6 Å². The summed E-state index contributed by atoms with van der Waals surface area (Å²) in [6.45, 7) is 2.03. The van der Waals surface area contributed by atoms with Crippen LogP contribution in [0.5, 0.6) is 0 Å². The summed E-state index contributed by atoms with van der Waals surface area (Å²) in [5.41, 5.74) is 0.174. The van der Waals surface area contributed by atoms with Gasteiger partial charge in [-0.15, -0.1) is 0 Å². The molecule has 0 radical (unpaired) electrons. The molecule has 0 saturated carbocycles. The van der Waals surface area contributed by atoms with Crippen molar-refractivity contribution in [1.29, 1.82) is 0 Å². The number of benzene rings is 1.